The minimum atomic E-state index is -0.655. The summed E-state index contributed by atoms with van der Waals surface area (Å²) in [5, 5.41) is 22.7. The summed E-state index contributed by atoms with van der Waals surface area (Å²) in [7, 11) is 0. The molecule has 0 radical (unpaired) electrons. The van der Waals surface area contributed by atoms with Gasteiger partial charge in [0.25, 0.3) is 11.6 Å². The highest BCUT2D eigenvalue weighted by atomic mass is 16.6. The Morgan fingerprint density at radius 2 is 2.25 bits per heavy atom. The lowest BCUT2D eigenvalue weighted by Gasteiger charge is -2.07. The predicted octanol–water partition coefficient (Wildman–Crippen LogP) is 1.46. The lowest BCUT2D eigenvalue weighted by Crippen LogP contribution is -2.28. The number of hydrogen-bond acceptors (Lipinski definition) is 5. The number of rotatable bonds is 7. The Bertz CT molecular complexity index is 513. The molecule has 0 aliphatic heterocycles. The van der Waals surface area contributed by atoms with Crippen molar-refractivity contribution in [1.82, 2.24) is 5.32 Å². The van der Waals surface area contributed by atoms with E-state index in [1.807, 2.05) is 0 Å². The zero-order valence-electron chi connectivity index (χ0n) is 10.9. The third-order valence-electron chi connectivity index (χ3n) is 3.00. The maximum Gasteiger partial charge on any atom is 0.282 e. The van der Waals surface area contributed by atoms with Crippen molar-refractivity contribution in [2.24, 2.45) is 5.92 Å². The van der Waals surface area contributed by atoms with Crippen LogP contribution in [-0.2, 0) is 4.74 Å². The summed E-state index contributed by atoms with van der Waals surface area (Å²) < 4.78 is 5.35. The molecule has 7 heteroatoms. The van der Waals surface area contributed by atoms with Crippen molar-refractivity contribution in [2.45, 2.75) is 12.8 Å². The zero-order valence-corrected chi connectivity index (χ0v) is 10.9. The third-order valence-corrected chi connectivity index (χ3v) is 3.00. The number of phenols is 1. The number of benzene rings is 1. The van der Waals surface area contributed by atoms with E-state index in [0.717, 1.165) is 12.1 Å². The van der Waals surface area contributed by atoms with E-state index in [-0.39, 0.29) is 23.5 Å². The topological polar surface area (TPSA) is 102 Å². The number of nitro groups is 1. The first kappa shape index (κ1) is 14.3. The number of hydrogen-bond donors (Lipinski definition) is 2. The smallest absolute Gasteiger partial charge is 0.282 e. The largest absolute Gasteiger partial charge is 0.508 e. The molecule has 7 nitrogen and oxygen atoms in total. The van der Waals surface area contributed by atoms with Crippen LogP contribution in [0.15, 0.2) is 18.2 Å². The van der Waals surface area contributed by atoms with Gasteiger partial charge in [-0.25, -0.2) is 0 Å². The average Bonchev–Trinajstić information content (AvgIpc) is 3.21. The van der Waals surface area contributed by atoms with Gasteiger partial charge >= 0.3 is 0 Å². The second-order valence-corrected chi connectivity index (χ2v) is 4.73. The highest BCUT2D eigenvalue weighted by molar-refractivity contribution is 5.98. The summed E-state index contributed by atoms with van der Waals surface area (Å²) >= 11 is 0. The van der Waals surface area contributed by atoms with Gasteiger partial charge in [0.15, 0.2) is 0 Å². The molecule has 1 aromatic carbocycles. The molecule has 2 rings (SSSR count). The fourth-order valence-corrected chi connectivity index (χ4v) is 1.73. The van der Waals surface area contributed by atoms with E-state index in [0.29, 0.717) is 19.1 Å². The quantitative estimate of drug-likeness (QED) is 0.447. The van der Waals surface area contributed by atoms with Crippen LogP contribution in [0.2, 0.25) is 0 Å². The van der Waals surface area contributed by atoms with Gasteiger partial charge in [-0.05, 0) is 30.9 Å². The van der Waals surface area contributed by atoms with Gasteiger partial charge in [0.2, 0.25) is 0 Å². The van der Waals surface area contributed by atoms with E-state index in [4.69, 9.17) is 4.74 Å². The fourth-order valence-electron chi connectivity index (χ4n) is 1.73. The summed E-state index contributed by atoms with van der Waals surface area (Å²) in [4.78, 5) is 22.0. The molecule has 0 atom stereocenters. The van der Waals surface area contributed by atoms with Crippen LogP contribution in [0.1, 0.15) is 23.2 Å². The van der Waals surface area contributed by atoms with Crippen molar-refractivity contribution < 1.29 is 19.6 Å². The van der Waals surface area contributed by atoms with Crippen molar-refractivity contribution >= 4 is 11.6 Å². The lowest BCUT2D eigenvalue weighted by atomic mass is 10.1. The predicted molar refractivity (Wildman–Crippen MR) is 70.6 cm³/mol. The van der Waals surface area contributed by atoms with E-state index in [9.17, 15) is 20.0 Å². The second kappa shape index (κ2) is 6.33. The molecule has 20 heavy (non-hydrogen) atoms. The van der Waals surface area contributed by atoms with Gasteiger partial charge in [-0.1, -0.05) is 0 Å². The first-order valence-corrected chi connectivity index (χ1v) is 6.41. The minimum Gasteiger partial charge on any atom is -0.508 e. The molecule has 1 amide bonds. The van der Waals surface area contributed by atoms with E-state index >= 15 is 0 Å². The number of carbonyl (C=O) groups excluding carboxylic acids is 1. The fraction of sp³-hybridized carbons (Fsp3) is 0.462. The Labute approximate surface area is 115 Å². The van der Waals surface area contributed by atoms with Gasteiger partial charge in [-0.3, -0.25) is 14.9 Å². The van der Waals surface area contributed by atoms with Gasteiger partial charge in [0.05, 0.1) is 11.5 Å². The number of carbonyl (C=O) groups is 1. The molecule has 1 saturated carbocycles. The molecule has 2 N–H and O–H groups in total. The highest BCUT2D eigenvalue weighted by Gasteiger charge is 2.22. The molecule has 1 fully saturated rings. The number of aromatic hydroxyl groups is 1. The van der Waals surface area contributed by atoms with Gasteiger partial charge in [0.1, 0.15) is 11.3 Å². The number of nitrogens with one attached hydrogen (secondary N) is 1. The Morgan fingerprint density at radius 3 is 2.90 bits per heavy atom. The summed E-state index contributed by atoms with van der Waals surface area (Å²) in [5.41, 5.74) is -0.489. The number of amides is 1. The Hall–Kier alpha value is -2.15. The summed E-state index contributed by atoms with van der Waals surface area (Å²) in [6.45, 7) is 1.34. The first-order chi connectivity index (χ1) is 9.58. The van der Waals surface area contributed by atoms with Gasteiger partial charge < -0.3 is 15.2 Å². The second-order valence-electron chi connectivity index (χ2n) is 4.73. The molecule has 0 saturated heterocycles. The van der Waals surface area contributed by atoms with Crippen LogP contribution in [0, 0.1) is 16.0 Å². The summed E-state index contributed by atoms with van der Waals surface area (Å²) in [6.07, 6.45) is 2.39. The van der Waals surface area contributed by atoms with Crippen LogP contribution in [0.3, 0.4) is 0 Å². The molecule has 108 valence electrons. The lowest BCUT2D eigenvalue weighted by molar-refractivity contribution is -0.385. The maximum atomic E-state index is 11.8. The number of nitro benzene ring substituents is 1. The van der Waals surface area contributed by atoms with Crippen LogP contribution in [0.25, 0.3) is 0 Å². The molecule has 0 bridgehead atoms. The Morgan fingerprint density at radius 1 is 1.50 bits per heavy atom. The van der Waals surface area contributed by atoms with Crippen LogP contribution in [0.4, 0.5) is 5.69 Å². The molecular formula is C13H16N2O5. The Kier molecular flexibility index (Phi) is 4.52. The van der Waals surface area contributed by atoms with Gasteiger partial charge in [0, 0.05) is 19.2 Å². The standard InChI is InChI=1S/C13H16N2O5/c16-10-3-4-12(15(18)19)11(7-10)13(17)14-5-6-20-8-9-1-2-9/h3-4,7,9,16H,1-2,5-6,8H2,(H,14,17). The summed E-state index contributed by atoms with van der Waals surface area (Å²) in [6, 6.07) is 3.36. The van der Waals surface area contributed by atoms with E-state index in [1.165, 1.54) is 18.9 Å². The van der Waals surface area contributed by atoms with E-state index < -0.39 is 10.8 Å². The Balaban J connectivity index is 1.87. The monoisotopic (exact) mass is 280 g/mol. The maximum absolute atomic E-state index is 11.8. The molecule has 0 aromatic heterocycles. The summed E-state index contributed by atoms with van der Waals surface area (Å²) in [5.74, 6) is -0.133. The van der Waals surface area contributed by atoms with Gasteiger partial charge in [-0.2, -0.15) is 0 Å². The van der Waals surface area contributed by atoms with Crippen molar-refractivity contribution in [3.05, 3.63) is 33.9 Å². The third kappa shape index (κ3) is 3.92. The van der Waals surface area contributed by atoms with Crippen LogP contribution >= 0.6 is 0 Å². The van der Waals surface area contributed by atoms with Crippen LogP contribution < -0.4 is 5.32 Å². The normalized spacial score (nSPS) is 14.0. The molecular weight excluding hydrogens is 264 g/mol. The molecule has 0 spiro atoms. The van der Waals surface area contributed by atoms with Crippen molar-refractivity contribution in [1.29, 1.82) is 0 Å². The SMILES string of the molecule is O=C(NCCOCC1CC1)c1cc(O)ccc1[N+](=O)[O-]. The average molecular weight is 280 g/mol. The number of nitrogens with zero attached hydrogens (tertiary/aromatic N) is 1. The molecule has 1 aromatic rings. The van der Waals surface area contributed by atoms with Crippen LogP contribution in [0.5, 0.6) is 5.75 Å². The highest BCUT2D eigenvalue weighted by Crippen LogP contribution is 2.28. The molecule has 0 unspecified atom stereocenters. The van der Waals surface area contributed by atoms with Crippen molar-refractivity contribution in [3.8, 4) is 5.75 Å². The minimum absolute atomic E-state index is 0.155. The van der Waals surface area contributed by atoms with Crippen molar-refractivity contribution in [2.75, 3.05) is 19.8 Å². The van der Waals surface area contributed by atoms with E-state index in [2.05, 4.69) is 5.32 Å². The van der Waals surface area contributed by atoms with Gasteiger partial charge in [-0.15, -0.1) is 0 Å². The molecule has 1 aliphatic rings. The first-order valence-electron chi connectivity index (χ1n) is 6.41. The van der Waals surface area contributed by atoms with Crippen molar-refractivity contribution in [3.63, 3.8) is 0 Å². The zero-order chi connectivity index (χ0) is 14.5. The molecule has 0 heterocycles. The van der Waals surface area contributed by atoms with Crippen LogP contribution in [-0.4, -0.2) is 35.7 Å². The number of phenolic OH excluding ortho intramolecular Hbond substituents is 1. The number of ether oxygens (including phenoxy) is 1. The molecule has 1 aliphatic carbocycles. The van der Waals surface area contributed by atoms with E-state index in [1.54, 1.807) is 0 Å².